The Hall–Kier alpha value is -8.39. The zero-order valence-corrected chi connectivity index (χ0v) is 55.3. The lowest BCUT2D eigenvalue weighted by Crippen LogP contribution is -2.61. The molecular weight excluding hydrogens is 1220 g/mol. The third-order valence-electron chi connectivity index (χ3n) is 16.8. The van der Waals surface area contributed by atoms with Gasteiger partial charge in [0.25, 0.3) is 0 Å². The third kappa shape index (κ3) is 27.7. The van der Waals surface area contributed by atoms with Crippen molar-refractivity contribution in [1.29, 1.82) is 0 Å². The number of rotatable bonds is 44. The number of unbranched alkanes of at least 4 members (excludes halogenated alkanes) is 10. The van der Waals surface area contributed by atoms with Crippen molar-refractivity contribution in [3.8, 4) is 0 Å². The van der Waals surface area contributed by atoms with E-state index in [0.717, 1.165) is 30.6 Å². The Balaban J connectivity index is 1.67. The molecule has 22 N–H and O–H groups in total. The highest BCUT2D eigenvalue weighted by molar-refractivity contribution is 6.00. The molecule has 3 fully saturated rings. The van der Waals surface area contributed by atoms with E-state index in [-0.39, 0.29) is 121 Å². The molecule has 530 valence electrons. The van der Waals surface area contributed by atoms with Crippen LogP contribution in [0, 0.1) is 5.92 Å². The number of nitrogens with zero attached hydrogens (tertiary/aromatic N) is 5. The quantitative estimate of drug-likeness (QED) is 0.0160. The van der Waals surface area contributed by atoms with Gasteiger partial charge in [-0.05, 0) is 89.9 Å². The Morgan fingerprint density at radius 2 is 0.926 bits per heavy atom. The molecule has 0 spiro atoms. The summed E-state index contributed by atoms with van der Waals surface area (Å²) in [5.74, 6) is -11.2. The first kappa shape index (κ1) is 79.8. The summed E-state index contributed by atoms with van der Waals surface area (Å²) in [4.78, 5) is 187. The zero-order valence-electron chi connectivity index (χ0n) is 55.3. The standard InChI is InChI=1S/C61H107N19O14/c1-5-6-7-8-9-10-11-12-13-14-15-26-48(84)72-40(27-28-46(62)82)57(92)80-33-20-25-45(80)59(94)79-32-19-23-43(79)54(89)71-37(4)51(86)76-42(35-81)53(88)75-41(34-47(63)83)58(93)78-31-18-24-44(78)55(90)74-39(22-17-30-70-61(67)68)52(87)77-49(36(2)3)56(91)73-38(50(64)85)21-16-29-69-60(65)66/h36-45,49,81H,5-35H2,1-4H3,(H2,62,82)(H2,63,83)(H2,64,85)(H,71,89)(H,72,84)(H,73,91)(H,74,90)(H,75,88)(H,76,86)(H,77,87)(H4,65,66,69)(H4,67,68,70)/t37-,38-,39-,40-,41-,42-,43-,44-,45-,49-/m0/s1. The van der Waals surface area contributed by atoms with Gasteiger partial charge < -0.3 is 97.2 Å². The summed E-state index contributed by atoms with van der Waals surface area (Å²) in [6.07, 6.45) is 13.2. The van der Waals surface area contributed by atoms with Gasteiger partial charge in [-0.15, -0.1) is 0 Å². The van der Waals surface area contributed by atoms with Crippen molar-refractivity contribution in [2.24, 2.45) is 56.0 Å². The number of guanidine groups is 2. The van der Waals surface area contributed by atoms with Gasteiger partial charge in [0, 0.05) is 45.6 Å². The molecule has 33 heteroatoms. The fraction of sp³-hybridized carbons (Fsp3) is 0.754. The number of hydrogen-bond acceptors (Lipinski definition) is 16. The topological polar surface area (TPSA) is 543 Å². The number of aliphatic imine (C=N–C) groups is 2. The van der Waals surface area contributed by atoms with Gasteiger partial charge in [0.05, 0.1) is 13.0 Å². The van der Waals surface area contributed by atoms with Crippen LogP contribution in [-0.4, -0.2) is 208 Å². The Labute approximate surface area is 550 Å². The number of nitrogens with two attached hydrogens (primary N) is 7. The van der Waals surface area contributed by atoms with Crippen LogP contribution >= 0.6 is 0 Å². The average Bonchev–Trinajstić information content (AvgIpc) is 1.62. The predicted octanol–water partition coefficient (Wildman–Crippen LogP) is -3.54. The van der Waals surface area contributed by atoms with Crippen molar-refractivity contribution in [3.05, 3.63) is 0 Å². The van der Waals surface area contributed by atoms with Gasteiger partial charge >= 0.3 is 0 Å². The van der Waals surface area contributed by atoms with E-state index >= 15 is 0 Å². The number of amides is 13. The van der Waals surface area contributed by atoms with E-state index < -0.39 is 150 Å². The van der Waals surface area contributed by atoms with E-state index in [1.807, 2.05) is 0 Å². The number of nitrogens with one attached hydrogen (secondary N) is 7. The number of carbonyl (C=O) groups excluding carboxylic acids is 13. The average molecular weight is 1330 g/mol. The second-order valence-electron chi connectivity index (χ2n) is 24.8. The number of carbonyl (C=O) groups is 13. The van der Waals surface area contributed by atoms with E-state index in [0.29, 0.717) is 19.3 Å². The summed E-state index contributed by atoms with van der Waals surface area (Å²) in [6, 6.07) is -13.2. The molecule has 0 bridgehead atoms. The molecule has 3 heterocycles. The molecule has 0 unspecified atom stereocenters. The van der Waals surface area contributed by atoms with Crippen LogP contribution in [0.2, 0.25) is 0 Å². The molecule has 0 aromatic heterocycles. The van der Waals surface area contributed by atoms with Crippen LogP contribution in [0.4, 0.5) is 0 Å². The molecule has 3 aliphatic heterocycles. The Kier molecular flexibility index (Phi) is 35.7. The second-order valence-corrected chi connectivity index (χ2v) is 24.8. The molecular formula is C61H107N19O14. The van der Waals surface area contributed by atoms with Gasteiger partial charge in [-0.1, -0.05) is 85.0 Å². The fourth-order valence-corrected chi connectivity index (χ4v) is 11.7. The molecule has 0 aliphatic carbocycles. The molecule has 3 rings (SSSR count). The van der Waals surface area contributed by atoms with Crippen LogP contribution in [0.1, 0.15) is 188 Å². The smallest absolute Gasteiger partial charge is 0.246 e. The molecule has 33 nitrogen and oxygen atoms in total. The number of hydrogen-bond donors (Lipinski definition) is 15. The first-order chi connectivity index (χ1) is 44.6. The molecule has 0 aromatic rings. The monoisotopic (exact) mass is 1330 g/mol. The highest BCUT2D eigenvalue weighted by Crippen LogP contribution is 2.27. The lowest BCUT2D eigenvalue weighted by Gasteiger charge is -2.33. The Morgan fingerprint density at radius 3 is 1.45 bits per heavy atom. The molecule has 10 atom stereocenters. The predicted molar refractivity (Wildman–Crippen MR) is 348 cm³/mol. The largest absolute Gasteiger partial charge is 0.394 e. The summed E-state index contributed by atoms with van der Waals surface area (Å²) >= 11 is 0. The maximum absolute atomic E-state index is 14.3. The van der Waals surface area contributed by atoms with Crippen LogP contribution in [0.3, 0.4) is 0 Å². The van der Waals surface area contributed by atoms with Gasteiger partial charge in [-0.3, -0.25) is 72.3 Å². The highest BCUT2D eigenvalue weighted by atomic mass is 16.3. The minimum absolute atomic E-state index is 0.0303. The summed E-state index contributed by atoms with van der Waals surface area (Å²) in [5, 5.41) is 28.2. The fourth-order valence-electron chi connectivity index (χ4n) is 11.7. The minimum Gasteiger partial charge on any atom is -0.394 e. The summed E-state index contributed by atoms with van der Waals surface area (Å²) in [6.45, 7) is 6.12. The van der Waals surface area contributed by atoms with E-state index in [1.54, 1.807) is 13.8 Å². The van der Waals surface area contributed by atoms with Crippen molar-refractivity contribution < 1.29 is 67.4 Å². The van der Waals surface area contributed by atoms with Crippen molar-refractivity contribution in [2.45, 2.75) is 249 Å². The van der Waals surface area contributed by atoms with E-state index in [2.05, 4.69) is 54.1 Å². The van der Waals surface area contributed by atoms with Gasteiger partial charge in [0.1, 0.15) is 60.4 Å². The number of primary amides is 3. The van der Waals surface area contributed by atoms with Crippen molar-refractivity contribution >= 4 is 88.7 Å². The summed E-state index contributed by atoms with van der Waals surface area (Å²) in [5.41, 5.74) is 38.3. The van der Waals surface area contributed by atoms with Crippen LogP contribution in [0.15, 0.2) is 9.98 Å². The van der Waals surface area contributed by atoms with Crippen LogP contribution in [0.25, 0.3) is 0 Å². The van der Waals surface area contributed by atoms with Crippen molar-refractivity contribution in [1.82, 2.24) is 51.9 Å². The lowest BCUT2D eigenvalue weighted by molar-refractivity contribution is -0.148. The maximum atomic E-state index is 14.3. The van der Waals surface area contributed by atoms with E-state index in [4.69, 9.17) is 40.1 Å². The van der Waals surface area contributed by atoms with Crippen molar-refractivity contribution in [3.63, 3.8) is 0 Å². The maximum Gasteiger partial charge on any atom is 0.246 e. The van der Waals surface area contributed by atoms with E-state index in [9.17, 15) is 67.4 Å². The molecule has 94 heavy (non-hydrogen) atoms. The molecule has 0 saturated carbocycles. The SMILES string of the molecule is CCCCCCCCCCCCCC(=O)N[C@@H](CCC(N)=O)C(=O)N1CCC[C@H]1C(=O)N1CCC[C@H]1C(=O)N[C@@H](C)C(=O)N[C@@H](CO)C(=O)N[C@@H](CC(N)=O)C(=O)N1CCC[C@H]1C(=O)N[C@@H](CCCN=C(N)N)C(=O)N[C@H](C(=O)N[C@@H](CCCN=C(N)N)C(N)=O)C(C)C. The summed E-state index contributed by atoms with van der Waals surface area (Å²) < 4.78 is 0. The van der Waals surface area contributed by atoms with Gasteiger partial charge in [0.2, 0.25) is 76.8 Å². The summed E-state index contributed by atoms with van der Waals surface area (Å²) in [7, 11) is 0. The molecule has 0 aromatic carbocycles. The van der Waals surface area contributed by atoms with Crippen LogP contribution < -0.4 is 77.4 Å². The molecule has 3 saturated heterocycles. The second kappa shape index (κ2) is 42.0. The van der Waals surface area contributed by atoms with Crippen LogP contribution in [-0.2, 0) is 62.3 Å². The number of aliphatic hydroxyl groups is 1. The number of aliphatic hydroxyl groups excluding tert-OH is 1. The Bertz CT molecular complexity index is 2640. The first-order valence-corrected chi connectivity index (χ1v) is 33.2. The highest BCUT2D eigenvalue weighted by Gasteiger charge is 2.45. The molecule has 3 aliphatic rings. The van der Waals surface area contributed by atoms with Crippen molar-refractivity contribution in [2.75, 3.05) is 39.3 Å². The van der Waals surface area contributed by atoms with Gasteiger partial charge in [-0.2, -0.15) is 0 Å². The lowest BCUT2D eigenvalue weighted by atomic mass is 10.0. The van der Waals surface area contributed by atoms with E-state index in [1.165, 1.54) is 55.2 Å². The first-order valence-electron chi connectivity index (χ1n) is 33.2. The normalized spacial score (nSPS) is 18.2. The van der Waals surface area contributed by atoms with Gasteiger partial charge in [0.15, 0.2) is 11.9 Å². The van der Waals surface area contributed by atoms with Gasteiger partial charge in [-0.25, -0.2) is 0 Å². The Morgan fingerprint density at radius 1 is 0.457 bits per heavy atom. The molecule has 13 amide bonds. The third-order valence-corrected chi connectivity index (χ3v) is 16.8. The van der Waals surface area contributed by atoms with Crippen LogP contribution in [0.5, 0.6) is 0 Å². The zero-order chi connectivity index (χ0) is 70.0. The minimum atomic E-state index is -1.78. The molecule has 0 radical (unpaired) electrons. The number of likely N-dealkylation sites (tertiary alicyclic amines) is 3.